The van der Waals surface area contributed by atoms with Crippen molar-refractivity contribution in [3.05, 3.63) is 108 Å². The van der Waals surface area contributed by atoms with Gasteiger partial charge in [0.1, 0.15) is 11.5 Å². The van der Waals surface area contributed by atoms with Crippen molar-refractivity contribution in [3.8, 4) is 44.9 Å². The Morgan fingerprint density at radius 3 is 1.91 bits per heavy atom. The van der Waals surface area contributed by atoms with E-state index >= 15 is 0 Å². The lowest BCUT2D eigenvalue weighted by Crippen LogP contribution is -2.16. The van der Waals surface area contributed by atoms with E-state index in [1.54, 1.807) is 0 Å². The predicted octanol–water partition coefficient (Wildman–Crippen LogP) is 8.59. The SMILES string of the molecule is CC1(C)c2ccccc2-c2cccc(-c3cccc4c3Oc3cccc5cccc-4c35)c21. The van der Waals surface area contributed by atoms with Gasteiger partial charge in [0.15, 0.2) is 0 Å². The summed E-state index contributed by atoms with van der Waals surface area (Å²) in [6, 6.07) is 34.9. The Kier molecular flexibility index (Phi) is 3.40. The van der Waals surface area contributed by atoms with Crippen LogP contribution < -0.4 is 4.74 Å². The highest BCUT2D eigenvalue weighted by Gasteiger charge is 2.38. The summed E-state index contributed by atoms with van der Waals surface area (Å²) in [5, 5.41) is 2.42. The van der Waals surface area contributed by atoms with Gasteiger partial charge in [-0.3, -0.25) is 0 Å². The zero-order chi connectivity index (χ0) is 21.4. The molecule has 1 aliphatic heterocycles. The van der Waals surface area contributed by atoms with Gasteiger partial charge < -0.3 is 4.74 Å². The molecule has 0 atom stereocenters. The molecule has 1 aliphatic carbocycles. The van der Waals surface area contributed by atoms with Crippen molar-refractivity contribution in [3.63, 3.8) is 0 Å². The molecule has 0 saturated carbocycles. The van der Waals surface area contributed by atoms with Crippen LogP contribution in [0.4, 0.5) is 0 Å². The Morgan fingerprint density at radius 1 is 0.531 bits per heavy atom. The first-order valence-electron chi connectivity index (χ1n) is 11.2. The highest BCUT2D eigenvalue weighted by atomic mass is 16.5. The molecule has 0 saturated heterocycles. The van der Waals surface area contributed by atoms with Crippen LogP contribution in [0.5, 0.6) is 11.5 Å². The molecule has 5 aromatic carbocycles. The molecular formula is C31H22O. The molecule has 0 N–H and O–H groups in total. The fraction of sp³-hybridized carbons (Fsp3) is 0.0968. The normalized spacial score (nSPS) is 14.4. The average molecular weight is 411 g/mol. The zero-order valence-corrected chi connectivity index (χ0v) is 18.1. The lowest BCUT2D eigenvalue weighted by Gasteiger charge is -2.27. The molecule has 152 valence electrons. The van der Waals surface area contributed by atoms with Gasteiger partial charge in [-0.05, 0) is 44.8 Å². The highest BCUT2D eigenvalue weighted by Crippen LogP contribution is 2.55. The summed E-state index contributed by atoms with van der Waals surface area (Å²) >= 11 is 0. The number of para-hydroxylation sites is 1. The molecule has 32 heavy (non-hydrogen) atoms. The molecular weight excluding hydrogens is 388 g/mol. The molecule has 0 fully saturated rings. The van der Waals surface area contributed by atoms with E-state index < -0.39 is 0 Å². The molecule has 0 unspecified atom stereocenters. The lowest BCUT2D eigenvalue weighted by atomic mass is 9.78. The quantitative estimate of drug-likeness (QED) is 0.264. The van der Waals surface area contributed by atoms with Crippen molar-refractivity contribution in [1.82, 2.24) is 0 Å². The van der Waals surface area contributed by atoms with E-state index in [2.05, 4.69) is 111 Å². The second kappa shape index (κ2) is 6.11. The molecule has 0 amide bonds. The largest absolute Gasteiger partial charge is 0.455 e. The predicted molar refractivity (Wildman–Crippen MR) is 132 cm³/mol. The Bertz CT molecular complexity index is 1570. The lowest BCUT2D eigenvalue weighted by molar-refractivity contribution is 0.488. The van der Waals surface area contributed by atoms with Crippen LogP contribution in [0.1, 0.15) is 25.0 Å². The number of ether oxygens (including phenoxy) is 1. The molecule has 0 spiro atoms. The summed E-state index contributed by atoms with van der Waals surface area (Å²) in [4.78, 5) is 0. The summed E-state index contributed by atoms with van der Waals surface area (Å²) in [6.07, 6.45) is 0. The molecule has 1 nitrogen and oxygen atoms in total. The minimum Gasteiger partial charge on any atom is -0.455 e. The number of hydrogen-bond donors (Lipinski definition) is 0. The maximum atomic E-state index is 6.64. The van der Waals surface area contributed by atoms with Gasteiger partial charge in [-0.1, -0.05) is 105 Å². The third-order valence-electron chi connectivity index (χ3n) is 7.25. The molecule has 0 bridgehead atoms. The summed E-state index contributed by atoms with van der Waals surface area (Å²) in [5.41, 5.74) is 10.2. The molecule has 2 aliphatic rings. The first kappa shape index (κ1) is 17.8. The molecule has 1 heterocycles. The molecule has 0 radical (unpaired) electrons. The summed E-state index contributed by atoms with van der Waals surface area (Å²) in [7, 11) is 0. The van der Waals surface area contributed by atoms with Crippen molar-refractivity contribution in [2.45, 2.75) is 19.3 Å². The Labute approximate surface area is 187 Å². The minimum atomic E-state index is -0.0716. The third-order valence-corrected chi connectivity index (χ3v) is 7.25. The van der Waals surface area contributed by atoms with Crippen LogP contribution in [0.3, 0.4) is 0 Å². The number of hydrogen-bond acceptors (Lipinski definition) is 1. The van der Waals surface area contributed by atoms with Gasteiger partial charge in [-0.15, -0.1) is 0 Å². The Balaban J connectivity index is 1.53. The zero-order valence-electron chi connectivity index (χ0n) is 18.1. The second-order valence-electron chi connectivity index (χ2n) is 9.34. The Morgan fingerprint density at radius 2 is 1.09 bits per heavy atom. The third kappa shape index (κ3) is 2.18. The van der Waals surface area contributed by atoms with Gasteiger partial charge >= 0.3 is 0 Å². The Hall–Kier alpha value is -3.84. The molecule has 5 aromatic rings. The van der Waals surface area contributed by atoms with Crippen molar-refractivity contribution in [1.29, 1.82) is 0 Å². The molecule has 7 rings (SSSR count). The van der Waals surface area contributed by atoms with E-state index in [9.17, 15) is 0 Å². The van der Waals surface area contributed by atoms with E-state index in [0.29, 0.717) is 0 Å². The smallest absolute Gasteiger partial charge is 0.143 e. The maximum absolute atomic E-state index is 6.64. The molecule has 1 heteroatoms. The summed E-state index contributed by atoms with van der Waals surface area (Å²) < 4.78 is 6.64. The van der Waals surface area contributed by atoms with Crippen molar-refractivity contribution in [2.24, 2.45) is 0 Å². The van der Waals surface area contributed by atoms with Crippen molar-refractivity contribution < 1.29 is 4.74 Å². The van der Waals surface area contributed by atoms with Crippen LogP contribution in [0, 0.1) is 0 Å². The number of benzene rings is 5. The van der Waals surface area contributed by atoms with Crippen LogP contribution in [0.15, 0.2) is 97.1 Å². The van der Waals surface area contributed by atoms with Crippen LogP contribution in [-0.2, 0) is 5.41 Å². The van der Waals surface area contributed by atoms with E-state index in [0.717, 1.165) is 22.6 Å². The van der Waals surface area contributed by atoms with Crippen LogP contribution in [0.2, 0.25) is 0 Å². The first-order chi connectivity index (χ1) is 15.6. The van der Waals surface area contributed by atoms with E-state index in [1.165, 1.54) is 44.2 Å². The van der Waals surface area contributed by atoms with Gasteiger partial charge in [0, 0.05) is 21.9 Å². The monoisotopic (exact) mass is 410 g/mol. The summed E-state index contributed by atoms with van der Waals surface area (Å²) in [5.74, 6) is 1.90. The topological polar surface area (TPSA) is 9.23 Å². The van der Waals surface area contributed by atoms with Crippen LogP contribution in [-0.4, -0.2) is 0 Å². The van der Waals surface area contributed by atoms with Gasteiger partial charge in [-0.25, -0.2) is 0 Å². The van der Waals surface area contributed by atoms with E-state index in [-0.39, 0.29) is 5.41 Å². The average Bonchev–Trinajstić information content (AvgIpc) is 3.07. The fourth-order valence-corrected chi connectivity index (χ4v) is 5.87. The van der Waals surface area contributed by atoms with E-state index in [1.807, 2.05) is 0 Å². The van der Waals surface area contributed by atoms with Crippen molar-refractivity contribution >= 4 is 10.8 Å². The summed E-state index contributed by atoms with van der Waals surface area (Å²) in [6.45, 7) is 4.68. The first-order valence-corrected chi connectivity index (χ1v) is 11.2. The number of fused-ring (bicyclic) bond motifs is 5. The second-order valence-corrected chi connectivity index (χ2v) is 9.34. The van der Waals surface area contributed by atoms with Gasteiger partial charge in [0.05, 0.1) is 0 Å². The minimum absolute atomic E-state index is 0.0716. The van der Waals surface area contributed by atoms with Crippen molar-refractivity contribution in [2.75, 3.05) is 0 Å². The van der Waals surface area contributed by atoms with Crippen LogP contribution in [0.25, 0.3) is 44.2 Å². The van der Waals surface area contributed by atoms with Crippen LogP contribution >= 0.6 is 0 Å². The fourth-order valence-electron chi connectivity index (χ4n) is 5.87. The maximum Gasteiger partial charge on any atom is 0.143 e. The van der Waals surface area contributed by atoms with Gasteiger partial charge in [0.25, 0.3) is 0 Å². The standard InChI is InChI=1S/C31H22O/c1-31(2)26-17-4-3-11-20(26)22-13-7-14-23(29(22)31)25-16-8-15-24-21-12-5-9-19-10-6-18-27(28(19)21)32-30(24)25/h3-18H,1-2H3. The van der Waals surface area contributed by atoms with Gasteiger partial charge in [-0.2, -0.15) is 0 Å². The molecule has 0 aromatic heterocycles. The van der Waals surface area contributed by atoms with E-state index in [4.69, 9.17) is 4.74 Å². The number of rotatable bonds is 1. The van der Waals surface area contributed by atoms with Gasteiger partial charge in [0.2, 0.25) is 0 Å². The highest BCUT2D eigenvalue weighted by molar-refractivity contribution is 6.05.